The Hall–Kier alpha value is -1.74. The highest BCUT2D eigenvalue weighted by molar-refractivity contribution is 7.99. The Morgan fingerprint density at radius 1 is 1.69 bits per heavy atom. The molecular weight excluding hydrogens is 226 g/mol. The molecule has 1 rings (SSSR count). The lowest BCUT2D eigenvalue weighted by Crippen LogP contribution is -2.10. The molecule has 0 fully saturated rings. The number of thioether (sulfide) groups is 1. The van der Waals surface area contributed by atoms with Gasteiger partial charge in [-0.05, 0) is 6.07 Å². The lowest BCUT2D eigenvalue weighted by atomic mass is 10.4. The zero-order valence-electron chi connectivity index (χ0n) is 8.51. The third-order valence-electron chi connectivity index (χ3n) is 1.59. The largest absolute Gasteiger partial charge is 0.477 e. The van der Waals surface area contributed by atoms with E-state index in [9.17, 15) is 4.79 Å². The number of anilines is 1. The van der Waals surface area contributed by atoms with Gasteiger partial charge >= 0.3 is 5.97 Å². The van der Waals surface area contributed by atoms with Crippen LogP contribution in [0.25, 0.3) is 0 Å². The van der Waals surface area contributed by atoms with E-state index < -0.39 is 5.97 Å². The normalized spacial score (nSPS) is 9.44. The molecule has 0 radical (unpaired) electrons. The molecule has 84 valence electrons. The van der Waals surface area contributed by atoms with Crippen LogP contribution in [0.3, 0.4) is 0 Å². The second kappa shape index (κ2) is 6.69. The Morgan fingerprint density at radius 2 is 2.50 bits per heavy atom. The molecule has 0 aromatic carbocycles. The van der Waals surface area contributed by atoms with Crippen LogP contribution in [0.4, 0.5) is 5.95 Å². The molecular formula is C10H11N3O2S. The lowest BCUT2D eigenvalue weighted by Gasteiger charge is -2.03. The van der Waals surface area contributed by atoms with Crippen LogP contribution in [0.2, 0.25) is 0 Å². The zero-order valence-corrected chi connectivity index (χ0v) is 9.33. The van der Waals surface area contributed by atoms with Crippen molar-refractivity contribution in [2.75, 3.05) is 23.4 Å². The van der Waals surface area contributed by atoms with Crippen LogP contribution in [0.15, 0.2) is 12.3 Å². The van der Waals surface area contributed by atoms with Crippen molar-refractivity contribution in [2.24, 2.45) is 0 Å². The van der Waals surface area contributed by atoms with Crippen LogP contribution in [-0.2, 0) is 0 Å². The average molecular weight is 237 g/mol. The Balaban J connectivity index is 2.39. The highest BCUT2D eigenvalue weighted by atomic mass is 32.2. The monoisotopic (exact) mass is 237 g/mol. The first-order valence-corrected chi connectivity index (χ1v) is 5.71. The molecule has 0 spiro atoms. The molecule has 1 heterocycles. The molecule has 0 amide bonds. The summed E-state index contributed by atoms with van der Waals surface area (Å²) in [6.07, 6.45) is 6.50. The van der Waals surface area contributed by atoms with Crippen molar-refractivity contribution in [3.8, 4) is 12.3 Å². The van der Waals surface area contributed by atoms with E-state index in [4.69, 9.17) is 11.5 Å². The van der Waals surface area contributed by atoms with E-state index in [0.29, 0.717) is 18.2 Å². The maximum absolute atomic E-state index is 10.6. The maximum atomic E-state index is 10.6. The molecule has 0 bridgehead atoms. The molecule has 0 aliphatic carbocycles. The quantitative estimate of drug-likeness (QED) is 0.567. The van der Waals surface area contributed by atoms with E-state index in [2.05, 4.69) is 21.2 Å². The van der Waals surface area contributed by atoms with Gasteiger partial charge in [-0.1, -0.05) is 5.92 Å². The van der Waals surface area contributed by atoms with Crippen molar-refractivity contribution in [1.82, 2.24) is 9.97 Å². The molecule has 1 aromatic heterocycles. The molecule has 0 atom stereocenters. The van der Waals surface area contributed by atoms with Crippen LogP contribution in [0.1, 0.15) is 10.5 Å². The molecule has 0 aliphatic heterocycles. The molecule has 1 aromatic rings. The lowest BCUT2D eigenvalue weighted by molar-refractivity contribution is 0.0690. The summed E-state index contributed by atoms with van der Waals surface area (Å²) in [5, 5.41) is 11.6. The summed E-state index contributed by atoms with van der Waals surface area (Å²) < 4.78 is 0. The van der Waals surface area contributed by atoms with Crippen molar-refractivity contribution in [1.29, 1.82) is 0 Å². The molecule has 16 heavy (non-hydrogen) atoms. The van der Waals surface area contributed by atoms with Crippen molar-refractivity contribution >= 4 is 23.7 Å². The zero-order chi connectivity index (χ0) is 11.8. The number of carbonyl (C=O) groups is 1. The van der Waals surface area contributed by atoms with Gasteiger partial charge in [0.2, 0.25) is 5.95 Å². The van der Waals surface area contributed by atoms with Crippen molar-refractivity contribution in [3.05, 3.63) is 18.0 Å². The van der Waals surface area contributed by atoms with Gasteiger partial charge in [0.25, 0.3) is 0 Å². The van der Waals surface area contributed by atoms with Gasteiger partial charge in [0, 0.05) is 18.5 Å². The SMILES string of the molecule is C#CCSCCNc1nccc(C(=O)O)n1. The van der Waals surface area contributed by atoms with E-state index in [-0.39, 0.29) is 5.69 Å². The number of hydrogen-bond donors (Lipinski definition) is 2. The van der Waals surface area contributed by atoms with Gasteiger partial charge in [-0.25, -0.2) is 14.8 Å². The Labute approximate surface area is 97.7 Å². The van der Waals surface area contributed by atoms with Crippen LogP contribution in [0, 0.1) is 12.3 Å². The predicted molar refractivity (Wildman–Crippen MR) is 63.6 cm³/mol. The van der Waals surface area contributed by atoms with E-state index in [1.54, 1.807) is 11.8 Å². The standard InChI is InChI=1S/C10H11N3O2S/c1-2-6-16-7-5-12-10-11-4-3-8(13-10)9(14)15/h1,3-4H,5-7H2,(H,14,15)(H,11,12,13). The number of aromatic nitrogens is 2. The third kappa shape index (κ3) is 4.19. The molecule has 6 heteroatoms. The number of terminal acetylenes is 1. The van der Waals surface area contributed by atoms with Crippen molar-refractivity contribution < 1.29 is 9.90 Å². The summed E-state index contributed by atoms with van der Waals surface area (Å²) in [5.41, 5.74) is -0.0197. The summed E-state index contributed by atoms with van der Waals surface area (Å²) >= 11 is 1.61. The molecule has 0 saturated heterocycles. The molecule has 0 unspecified atom stereocenters. The molecule has 0 aliphatic rings. The van der Waals surface area contributed by atoms with E-state index in [1.165, 1.54) is 12.3 Å². The smallest absolute Gasteiger partial charge is 0.354 e. The van der Waals surface area contributed by atoms with E-state index in [1.807, 2.05) is 0 Å². The topological polar surface area (TPSA) is 75.1 Å². The third-order valence-corrected chi connectivity index (χ3v) is 2.45. The first kappa shape index (κ1) is 12.3. The Bertz CT molecular complexity index is 403. The van der Waals surface area contributed by atoms with Gasteiger partial charge in [-0.3, -0.25) is 0 Å². The van der Waals surface area contributed by atoms with Gasteiger partial charge in [-0.2, -0.15) is 0 Å². The van der Waals surface area contributed by atoms with Gasteiger partial charge < -0.3 is 10.4 Å². The summed E-state index contributed by atoms with van der Waals surface area (Å²) in [7, 11) is 0. The second-order valence-corrected chi connectivity index (χ2v) is 3.86. The molecule has 0 saturated carbocycles. The van der Waals surface area contributed by atoms with Crippen LogP contribution >= 0.6 is 11.8 Å². The minimum atomic E-state index is -1.06. The maximum Gasteiger partial charge on any atom is 0.354 e. The fourth-order valence-corrected chi connectivity index (χ4v) is 1.44. The number of carboxylic acid groups (broad SMARTS) is 1. The summed E-state index contributed by atoms with van der Waals surface area (Å²) in [4.78, 5) is 18.3. The van der Waals surface area contributed by atoms with Crippen LogP contribution in [0.5, 0.6) is 0 Å². The van der Waals surface area contributed by atoms with Crippen molar-refractivity contribution in [2.45, 2.75) is 0 Å². The summed E-state index contributed by atoms with van der Waals surface area (Å²) in [6, 6.07) is 1.35. The summed E-state index contributed by atoms with van der Waals surface area (Å²) in [5.74, 6) is 3.26. The van der Waals surface area contributed by atoms with E-state index >= 15 is 0 Å². The second-order valence-electron chi connectivity index (χ2n) is 2.75. The fourth-order valence-electron chi connectivity index (χ4n) is 0.929. The Kier molecular flexibility index (Phi) is 5.16. The van der Waals surface area contributed by atoms with Gasteiger partial charge in [-0.15, -0.1) is 18.2 Å². The fraction of sp³-hybridized carbons (Fsp3) is 0.300. The van der Waals surface area contributed by atoms with Crippen molar-refractivity contribution in [3.63, 3.8) is 0 Å². The number of rotatable bonds is 6. The van der Waals surface area contributed by atoms with Gasteiger partial charge in [0.15, 0.2) is 5.69 Å². The van der Waals surface area contributed by atoms with E-state index in [0.717, 1.165) is 5.75 Å². The first-order chi connectivity index (χ1) is 7.74. The predicted octanol–water partition coefficient (Wildman–Crippen LogP) is 0.953. The molecule has 2 N–H and O–H groups in total. The first-order valence-electron chi connectivity index (χ1n) is 4.55. The average Bonchev–Trinajstić information content (AvgIpc) is 2.29. The van der Waals surface area contributed by atoms with Crippen LogP contribution in [-0.4, -0.2) is 39.1 Å². The number of nitrogens with zero attached hydrogens (tertiary/aromatic N) is 2. The van der Waals surface area contributed by atoms with Crippen LogP contribution < -0.4 is 5.32 Å². The number of nitrogens with one attached hydrogen (secondary N) is 1. The highest BCUT2D eigenvalue weighted by Crippen LogP contribution is 2.02. The highest BCUT2D eigenvalue weighted by Gasteiger charge is 2.05. The number of aromatic carboxylic acids is 1. The minimum absolute atomic E-state index is 0.0197. The number of hydrogen-bond acceptors (Lipinski definition) is 5. The Morgan fingerprint density at radius 3 is 3.19 bits per heavy atom. The minimum Gasteiger partial charge on any atom is -0.477 e. The number of carboxylic acids is 1. The van der Waals surface area contributed by atoms with Gasteiger partial charge in [0.05, 0.1) is 5.75 Å². The molecule has 5 nitrogen and oxygen atoms in total. The van der Waals surface area contributed by atoms with Gasteiger partial charge in [0.1, 0.15) is 0 Å². The summed E-state index contributed by atoms with van der Waals surface area (Å²) in [6.45, 7) is 0.648.